The number of sulfonamides is 1. The molecule has 4 nitrogen and oxygen atoms in total. The zero-order valence-electron chi connectivity index (χ0n) is 8.03. The van der Waals surface area contributed by atoms with Crippen molar-refractivity contribution >= 4 is 33.1 Å². The number of nitrogens with zero attached hydrogens (tertiary/aromatic N) is 1. The quantitative estimate of drug-likeness (QED) is 0.926. The monoisotopic (exact) mass is 272 g/mol. The number of nitrogens with two attached hydrogens (primary N) is 1. The van der Waals surface area contributed by atoms with Crippen LogP contribution >= 0.6 is 23.1 Å². The third-order valence-corrected chi connectivity index (χ3v) is 5.32. The molecule has 0 unspecified atom stereocenters. The van der Waals surface area contributed by atoms with Crippen LogP contribution in [0.1, 0.15) is 0 Å². The Hall–Kier alpha value is -0.890. The van der Waals surface area contributed by atoms with Gasteiger partial charge in [0.25, 0.3) is 0 Å². The average molecular weight is 272 g/mol. The van der Waals surface area contributed by atoms with Crippen molar-refractivity contribution < 1.29 is 8.42 Å². The summed E-state index contributed by atoms with van der Waals surface area (Å²) in [6.07, 6.45) is 3.41. The molecule has 84 valence electrons. The first kappa shape index (κ1) is 11.6. The fraction of sp³-hybridized carbons (Fsp3) is 0. The molecule has 2 heterocycles. The zero-order chi connectivity index (χ0) is 11.6. The molecule has 2 N–H and O–H groups in total. The van der Waals surface area contributed by atoms with Crippen LogP contribution in [0.2, 0.25) is 0 Å². The van der Waals surface area contributed by atoms with Crippen molar-refractivity contribution in [3.8, 4) is 0 Å². The number of hydrogen-bond acceptors (Lipinski definition) is 5. The molecular formula is C9H8N2O2S3. The number of rotatable bonds is 3. The lowest BCUT2D eigenvalue weighted by molar-refractivity contribution is 0.600. The van der Waals surface area contributed by atoms with Gasteiger partial charge in [-0.3, -0.25) is 4.98 Å². The van der Waals surface area contributed by atoms with Crippen LogP contribution in [0.15, 0.2) is 50.0 Å². The summed E-state index contributed by atoms with van der Waals surface area (Å²) in [4.78, 5) is 4.94. The number of hydrogen-bond donors (Lipinski definition) is 1. The highest BCUT2D eigenvalue weighted by molar-refractivity contribution is 8.01. The minimum atomic E-state index is -3.58. The molecule has 0 fully saturated rings. The van der Waals surface area contributed by atoms with Gasteiger partial charge in [-0.15, -0.1) is 11.3 Å². The van der Waals surface area contributed by atoms with E-state index in [0.29, 0.717) is 0 Å². The van der Waals surface area contributed by atoms with Gasteiger partial charge in [0.1, 0.15) is 4.21 Å². The lowest BCUT2D eigenvalue weighted by Crippen LogP contribution is -2.09. The molecule has 0 aliphatic rings. The minimum Gasteiger partial charge on any atom is -0.264 e. The molecule has 0 radical (unpaired) electrons. The van der Waals surface area contributed by atoms with Crippen molar-refractivity contribution in [2.75, 3.05) is 0 Å². The summed E-state index contributed by atoms with van der Waals surface area (Å²) < 4.78 is 23.2. The second kappa shape index (κ2) is 4.54. The van der Waals surface area contributed by atoms with E-state index in [1.54, 1.807) is 18.5 Å². The fourth-order valence-electron chi connectivity index (χ4n) is 1.03. The van der Waals surface area contributed by atoms with Crippen LogP contribution in [-0.4, -0.2) is 13.4 Å². The van der Waals surface area contributed by atoms with Crippen molar-refractivity contribution in [3.05, 3.63) is 36.7 Å². The van der Waals surface area contributed by atoms with E-state index >= 15 is 0 Å². The summed E-state index contributed by atoms with van der Waals surface area (Å²) in [5.41, 5.74) is 0. The van der Waals surface area contributed by atoms with Crippen molar-refractivity contribution in [2.24, 2.45) is 5.14 Å². The Balaban J connectivity index is 2.22. The van der Waals surface area contributed by atoms with Gasteiger partial charge in [0.15, 0.2) is 0 Å². The van der Waals surface area contributed by atoms with Gasteiger partial charge in [-0.2, -0.15) is 0 Å². The highest BCUT2D eigenvalue weighted by Gasteiger charge is 2.11. The van der Waals surface area contributed by atoms with E-state index in [2.05, 4.69) is 4.98 Å². The molecule has 0 saturated heterocycles. The molecule has 0 atom stereocenters. The topological polar surface area (TPSA) is 73.1 Å². The third-order valence-electron chi connectivity index (χ3n) is 1.69. The molecule has 16 heavy (non-hydrogen) atoms. The summed E-state index contributed by atoms with van der Waals surface area (Å²) >= 11 is 2.62. The smallest absolute Gasteiger partial charge is 0.247 e. The van der Waals surface area contributed by atoms with Crippen molar-refractivity contribution in [1.82, 2.24) is 4.98 Å². The molecule has 0 bridgehead atoms. The summed E-state index contributed by atoms with van der Waals surface area (Å²) in [6, 6.07) is 6.99. The first-order valence-corrected chi connectivity index (χ1v) is 7.44. The Morgan fingerprint density at radius 1 is 1.31 bits per heavy atom. The average Bonchev–Trinajstić information content (AvgIpc) is 2.67. The van der Waals surface area contributed by atoms with Gasteiger partial charge >= 0.3 is 0 Å². The molecule has 2 rings (SSSR count). The van der Waals surface area contributed by atoms with Gasteiger partial charge in [0.2, 0.25) is 10.0 Å². The number of aromatic nitrogens is 1. The van der Waals surface area contributed by atoms with Crippen molar-refractivity contribution in [3.63, 3.8) is 0 Å². The highest BCUT2D eigenvalue weighted by Crippen LogP contribution is 2.34. The molecule has 0 saturated carbocycles. The Labute approximate surface area is 102 Å². The largest absolute Gasteiger partial charge is 0.264 e. The van der Waals surface area contributed by atoms with Crippen molar-refractivity contribution in [2.45, 2.75) is 13.3 Å². The third kappa shape index (κ3) is 2.82. The molecular weight excluding hydrogens is 264 g/mol. The zero-order valence-corrected chi connectivity index (χ0v) is 10.5. The van der Waals surface area contributed by atoms with E-state index in [1.807, 2.05) is 12.1 Å². The second-order valence-corrected chi connectivity index (χ2v) is 7.16. The number of pyridine rings is 1. The van der Waals surface area contributed by atoms with E-state index in [-0.39, 0.29) is 4.21 Å². The van der Waals surface area contributed by atoms with E-state index in [1.165, 1.54) is 17.8 Å². The molecule has 0 spiro atoms. The van der Waals surface area contributed by atoms with Crippen LogP contribution in [0.3, 0.4) is 0 Å². The highest BCUT2D eigenvalue weighted by atomic mass is 32.3. The summed E-state index contributed by atoms with van der Waals surface area (Å²) in [5, 5.41) is 5.02. The first-order valence-electron chi connectivity index (χ1n) is 4.26. The number of thiophene rings is 1. The van der Waals surface area contributed by atoms with Gasteiger partial charge in [-0.05, 0) is 24.3 Å². The number of primary sulfonamides is 1. The predicted octanol–water partition coefficient (Wildman–Crippen LogP) is 1.94. The SMILES string of the molecule is NS(=O)(=O)c1ccc(Sc2cccnc2)s1. The van der Waals surface area contributed by atoms with Gasteiger partial charge in [-0.1, -0.05) is 11.8 Å². The van der Waals surface area contributed by atoms with E-state index in [9.17, 15) is 8.42 Å². The molecule has 0 aliphatic heterocycles. The minimum absolute atomic E-state index is 0.180. The molecule has 2 aromatic heterocycles. The van der Waals surface area contributed by atoms with Gasteiger partial charge in [0.05, 0.1) is 4.21 Å². The maximum Gasteiger partial charge on any atom is 0.247 e. The Bertz CT molecular complexity index is 578. The molecule has 0 amide bonds. The van der Waals surface area contributed by atoms with Gasteiger partial charge in [-0.25, -0.2) is 13.6 Å². The van der Waals surface area contributed by atoms with E-state index < -0.39 is 10.0 Å². The maximum absolute atomic E-state index is 11.1. The Morgan fingerprint density at radius 2 is 2.12 bits per heavy atom. The second-order valence-electron chi connectivity index (χ2n) is 2.91. The molecule has 0 aromatic carbocycles. The lowest BCUT2D eigenvalue weighted by atomic mass is 10.5. The van der Waals surface area contributed by atoms with Crippen LogP contribution in [-0.2, 0) is 10.0 Å². The standard InChI is InChI=1S/C9H8N2O2S3/c10-16(12,13)9-4-3-8(15-9)14-7-2-1-5-11-6-7/h1-6H,(H2,10,12,13). The predicted molar refractivity (Wildman–Crippen MR) is 64.1 cm³/mol. The first-order chi connectivity index (χ1) is 7.55. The van der Waals surface area contributed by atoms with Crippen molar-refractivity contribution in [1.29, 1.82) is 0 Å². The van der Waals surface area contributed by atoms with Crippen LogP contribution in [0.25, 0.3) is 0 Å². The Morgan fingerprint density at radius 3 is 2.69 bits per heavy atom. The maximum atomic E-state index is 11.1. The van der Waals surface area contributed by atoms with Crippen LogP contribution < -0.4 is 5.14 Å². The van der Waals surface area contributed by atoms with E-state index in [4.69, 9.17) is 5.14 Å². The Kier molecular flexibility index (Phi) is 3.29. The summed E-state index contributed by atoms with van der Waals surface area (Å²) in [5.74, 6) is 0. The van der Waals surface area contributed by atoms with E-state index in [0.717, 1.165) is 20.4 Å². The van der Waals surface area contributed by atoms with Gasteiger partial charge in [0, 0.05) is 17.3 Å². The summed E-state index contributed by atoms with van der Waals surface area (Å²) in [7, 11) is -3.58. The summed E-state index contributed by atoms with van der Waals surface area (Å²) in [6.45, 7) is 0. The molecule has 0 aliphatic carbocycles. The molecule has 2 aromatic rings. The van der Waals surface area contributed by atoms with Gasteiger partial charge < -0.3 is 0 Å². The van der Waals surface area contributed by atoms with Crippen LogP contribution in [0.5, 0.6) is 0 Å². The lowest BCUT2D eigenvalue weighted by Gasteiger charge is -1.95. The fourth-order valence-corrected chi connectivity index (χ4v) is 4.01. The molecule has 7 heteroatoms. The normalized spacial score (nSPS) is 11.6. The van der Waals surface area contributed by atoms with Crippen LogP contribution in [0.4, 0.5) is 0 Å². The van der Waals surface area contributed by atoms with Crippen LogP contribution in [0, 0.1) is 0 Å².